The number of rotatable bonds is 2. The third kappa shape index (κ3) is 5.72. The molecule has 0 bridgehead atoms. The summed E-state index contributed by atoms with van der Waals surface area (Å²) in [6.07, 6.45) is 0. The van der Waals surface area contributed by atoms with Gasteiger partial charge in [-0.3, -0.25) is 5.17 Å². The first kappa shape index (κ1) is 7.72. The molecule has 0 aromatic carbocycles. The summed E-state index contributed by atoms with van der Waals surface area (Å²) in [6, 6.07) is 0. The van der Waals surface area contributed by atoms with E-state index in [0.717, 1.165) is 0 Å². The van der Waals surface area contributed by atoms with Gasteiger partial charge < -0.3 is 5.21 Å². The molecule has 8 heavy (non-hydrogen) atoms. The molecule has 0 heterocycles. The Morgan fingerprint density at radius 2 is 1.88 bits per heavy atom. The number of hydrogen-bond donors (Lipinski definition) is 4. The summed E-state index contributed by atoms with van der Waals surface area (Å²) in [5.74, 6) is 14.6. The topological polar surface area (TPSA) is 116 Å². The van der Waals surface area contributed by atoms with Crippen LogP contribution in [-0.2, 0) is 0 Å². The van der Waals surface area contributed by atoms with E-state index < -0.39 is 4.92 Å². The van der Waals surface area contributed by atoms with Crippen molar-refractivity contribution in [3.8, 4) is 0 Å². The molecule has 0 saturated heterocycles. The fraction of sp³-hybridized carbons (Fsp3) is 1.00. The molecule has 0 atom stereocenters. The largest absolute Gasteiger partial charge is 0.768 e. The number of nitrogens with two attached hydrogens (primary N) is 3. The minimum atomic E-state index is -1.06. The second kappa shape index (κ2) is 2.33. The lowest BCUT2D eigenvalue weighted by Gasteiger charge is -2.28. The molecule has 0 spiro atoms. The summed E-state index contributed by atoms with van der Waals surface area (Å²) in [5, 5.41) is 10.3. The van der Waals surface area contributed by atoms with E-state index in [1.807, 2.05) is 5.53 Å². The highest BCUT2D eigenvalue weighted by Crippen LogP contribution is 1.66. The van der Waals surface area contributed by atoms with Crippen molar-refractivity contribution in [3.63, 3.8) is 0 Å². The lowest BCUT2D eigenvalue weighted by molar-refractivity contribution is -1.02. The molecule has 0 rings (SSSR count). The Bertz CT molecular complexity index is 63.4. The standard InChI is InChI=1S/CH10N6O/c1-6(8)5-7(2,3)4/h5H,2-4H2,1H3. The van der Waals surface area contributed by atoms with Crippen molar-refractivity contribution in [2.45, 2.75) is 0 Å². The van der Waals surface area contributed by atoms with Crippen LogP contribution in [0.25, 0.3) is 0 Å². The molecule has 0 aliphatic carbocycles. The van der Waals surface area contributed by atoms with E-state index in [1.54, 1.807) is 0 Å². The van der Waals surface area contributed by atoms with E-state index in [2.05, 4.69) is 0 Å². The summed E-state index contributed by atoms with van der Waals surface area (Å²) in [7, 11) is 1.18. The molecular weight excluding hydrogens is 112 g/mol. The van der Waals surface area contributed by atoms with Crippen molar-refractivity contribution in [2.24, 2.45) is 17.5 Å². The first-order chi connectivity index (χ1) is 3.42. The fourth-order valence-corrected chi connectivity index (χ4v) is 0.244. The average molecular weight is 122 g/mol. The number of nitrogens with one attached hydrogen (secondary N) is 1. The second-order valence-corrected chi connectivity index (χ2v) is 1.43. The van der Waals surface area contributed by atoms with Gasteiger partial charge in [-0.2, -0.15) is 0 Å². The smallest absolute Gasteiger partial charge is 0.00699 e. The Morgan fingerprint density at radius 3 is 1.88 bits per heavy atom. The Kier molecular flexibility index (Phi) is 2.25. The summed E-state index contributed by atoms with van der Waals surface area (Å²) in [6.45, 7) is 0. The fourth-order valence-electron chi connectivity index (χ4n) is 0.244. The molecule has 7 N–H and O–H groups in total. The molecule has 0 amide bonds. The van der Waals surface area contributed by atoms with E-state index in [0.29, 0.717) is 5.17 Å². The number of hydrogen-bond acceptors (Lipinski definition) is 6. The number of nitrogens with zero attached hydrogens (tertiary/aromatic N) is 2. The van der Waals surface area contributed by atoms with Gasteiger partial charge in [-0.15, -0.1) is 17.5 Å². The van der Waals surface area contributed by atoms with Gasteiger partial charge in [0.2, 0.25) is 0 Å². The number of hydrazine groups is 1. The van der Waals surface area contributed by atoms with E-state index in [1.165, 1.54) is 7.05 Å². The van der Waals surface area contributed by atoms with Gasteiger partial charge >= 0.3 is 0 Å². The number of quaternary nitrogens is 1. The molecule has 50 valence electrons. The molecule has 0 fully saturated rings. The molecule has 0 aliphatic heterocycles. The molecule has 0 saturated carbocycles. The maximum Gasteiger partial charge on any atom is -0.00699 e. The number of hydroxylamine groups is 1. The van der Waals surface area contributed by atoms with Gasteiger partial charge in [0.1, 0.15) is 0 Å². The monoisotopic (exact) mass is 122 g/mol. The van der Waals surface area contributed by atoms with Crippen LogP contribution in [0.2, 0.25) is 0 Å². The highest BCUT2D eigenvalue weighted by atomic mass is 16.6. The molecule has 0 aliphatic rings. The molecule has 7 nitrogen and oxygen atoms in total. The van der Waals surface area contributed by atoms with Crippen LogP contribution in [0, 0.1) is 5.21 Å². The molecule has 7 heteroatoms. The van der Waals surface area contributed by atoms with Crippen LogP contribution in [0.15, 0.2) is 0 Å². The third-order valence-corrected chi connectivity index (χ3v) is 0.314. The second-order valence-electron chi connectivity index (χ2n) is 1.43. The van der Waals surface area contributed by atoms with Gasteiger partial charge in [-0.25, -0.2) is 0 Å². The molecular formula is CH10N6O. The summed E-state index contributed by atoms with van der Waals surface area (Å²) >= 11 is 0. The van der Waals surface area contributed by atoms with E-state index >= 15 is 0 Å². The minimum absolute atomic E-state index is 0.306. The summed E-state index contributed by atoms with van der Waals surface area (Å²) < 4.78 is 0. The zero-order chi connectivity index (χ0) is 6.78. The lowest BCUT2D eigenvalue weighted by Crippen LogP contribution is -2.75. The van der Waals surface area contributed by atoms with E-state index in [4.69, 9.17) is 17.5 Å². The van der Waals surface area contributed by atoms with Crippen molar-refractivity contribution in [1.29, 1.82) is 0 Å². The van der Waals surface area contributed by atoms with Crippen molar-refractivity contribution in [3.05, 3.63) is 5.21 Å². The Balaban J connectivity index is 3.39. The van der Waals surface area contributed by atoms with Crippen LogP contribution >= 0.6 is 0 Å². The third-order valence-electron chi connectivity index (χ3n) is 0.314. The van der Waals surface area contributed by atoms with E-state index in [9.17, 15) is 5.21 Å². The highest BCUT2D eigenvalue weighted by molar-refractivity contribution is 4.25. The van der Waals surface area contributed by atoms with E-state index in [-0.39, 0.29) is 0 Å². The van der Waals surface area contributed by atoms with Crippen LogP contribution in [0.3, 0.4) is 0 Å². The van der Waals surface area contributed by atoms with Crippen molar-refractivity contribution >= 4 is 0 Å². The van der Waals surface area contributed by atoms with Gasteiger partial charge in [0.05, 0.1) is 0 Å². The highest BCUT2D eigenvalue weighted by Gasteiger charge is 2.06. The maximum atomic E-state index is 10.0. The van der Waals surface area contributed by atoms with Crippen LogP contribution in [0.4, 0.5) is 0 Å². The molecule has 0 aromatic heterocycles. The average Bonchev–Trinajstić information content (AvgIpc) is 1.21. The molecule has 0 aromatic rings. The normalized spacial score (nSPS) is 12.8. The Morgan fingerprint density at radius 1 is 1.50 bits per heavy atom. The summed E-state index contributed by atoms with van der Waals surface area (Å²) in [4.78, 5) is -1.06. The van der Waals surface area contributed by atoms with Crippen molar-refractivity contribution in [2.75, 3.05) is 7.05 Å². The van der Waals surface area contributed by atoms with Gasteiger partial charge in [0, 0.05) is 0 Å². The maximum absolute atomic E-state index is 10.0. The molecule has 0 unspecified atom stereocenters. The zero-order valence-corrected chi connectivity index (χ0v) is 4.53. The van der Waals surface area contributed by atoms with Crippen molar-refractivity contribution < 1.29 is 4.92 Å². The predicted octanol–water partition coefficient (Wildman–Crippen LogP) is -2.73. The zero-order valence-electron chi connectivity index (χ0n) is 4.53. The lowest BCUT2D eigenvalue weighted by atomic mass is 11.5. The Labute approximate surface area is 46.6 Å². The quantitative estimate of drug-likeness (QED) is 0.179. The Hall–Kier alpha value is -0.280. The molecule has 0 radical (unpaired) electrons. The first-order valence-corrected chi connectivity index (χ1v) is 1.85. The van der Waals surface area contributed by atoms with Crippen LogP contribution in [-0.4, -0.2) is 17.1 Å². The van der Waals surface area contributed by atoms with Crippen LogP contribution < -0.4 is 23.1 Å². The van der Waals surface area contributed by atoms with Crippen LogP contribution in [0.1, 0.15) is 0 Å². The van der Waals surface area contributed by atoms with Crippen molar-refractivity contribution in [1.82, 2.24) is 10.7 Å². The van der Waals surface area contributed by atoms with Crippen LogP contribution in [0.5, 0.6) is 0 Å². The van der Waals surface area contributed by atoms with Gasteiger partial charge in [-0.05, 0) is 17.5 Å². The SMILES string of the molecule is CN([O-])N[N+](N)(N)N. The predicted molar refractivity (Wildman–Crippen MR) is 27.1 cm³/mol. The van der Waals surface area contributed by atoms with Gasteiger partial charge in [-0.1, -0.05) is 0 Å². The summed E-state index contributed by atoms with van der Waals surface area (Å²) in [5.41, 5.74) is 1.93. The first-order valence-electron chi connectivity index (χ1n) is 1.85. The van der Waals surface area contributed by atoms with Gasteiger partial charge in [0.25, 0.3) is 0 Å². The minimum Gasteiger partial charge on any atom is -0.768 e. The van der Waals surface area contributed by atoms with Gasteiger partial charge in [0.15, 0.2) is 0 Å².